The molecule has 0 aliphatic carbocycles. The summed E-state index contributed by atoms with van der Waals surface area (Å²) in [5.41, 5.74) is 4.69. The quantitative estimate of drug-likeness (QED) is 0.610. The van der Waals surface area contributed by atoms with Gasteiger partial charge in [0.15, 0.2) is 0 Å². The first-order valence-electron chi connectivity index (χ1n) is 7.96. The number of ether oxygens (including phenoxy) is 1. The molecule has 0 amide bonds. The predicted molar refractivity (Wildman–Crippen MR) is 101 cm³/mol. The van der Waals surface area contributed by atoms with Gasteiger partial charge in [0.1, 0.15) is 12.4 Å². The van der Waals surface area contributed by atoms with Gasteiger partial charge in [-0.05, 0) is 53.9 Å². The number of hydrogen-bond donors (Lipinski definition) is 1. The summed E-state index contributed by atoms with van der Waals surface area (Å²) in [5.74, 6) is 0.856. The van der Waals surface area contributed by atoms with Crippen molar-refractivity contribution in [2.24, 2.45) is 0 Å². The lowest BCUT2D eigenvalue weighted by Crippen LogP contribution is -2.01. The van der Waals surface area contributed by atoms with E-state index in [1.54, 1.807) is 0 Å². The molecule has 122 valence electrons. The predicted octanol–water partition coefficient (Wildman–Crippen LogP) is 5.84. The Morgan fingerprint density at radius 2 is 1.67 bits per heavy atom. The number of para-hydroxylation sites is 1. The van der Waals surface area contributed by atoms with E-state index in [9.17, 15) is 0 Å². The molecule has 0 aromatic heterocycles. The van der Waals surface area contributed by atoms with Crippen molar-refractivity contribution in [3.05, 3.63) is 94.5 Å². The van der Waals surface area contributed by atoms with Crippen LogP contribution in [0.5, 0.6) is 5.75 Å². The van der Waals surface area contributed by atoms with Crippen LogP contribution in [-0.4, -0.2) is 0 Å². The standard InChI is InChI=1S/C21H20ClNO/c1-16-5-2-3-8-21(16)23-14-17-9-11-20(12-10-17)24-15-18-6-4-7-19(22)13-18/h2-13,23H,14-15H2,1H3. The molecule has 0 heterocycles. The number of aryl methyl sites for hydroxylation is 1. The molecule has 2 nitrogen and oxygen atoms in total. The first kappa shape index (κ1) is 16.4. The molecule has 1 N–H and O–H groups in total. The number of rotatable bonds is 6. The van der Waals surface area contributed by atoms with Crippen molar-refractivity contribution in [1.82, 2.24) is 0 Å². The summed E-state index contributed by atoms with van der Waals surface area (Å²) in [5, 5.41) is 4.19. The summed E-state index contributed by atoms with van der Waals surface area (Å²) in [6.07, 6.45) is 0. The van der Waals surface area contributed by atoms with Gasteiger partial charge in [-0.25, -0.2) is 0 Å². The van der Waals surface area contributed by atoms with Crippen molar-refractivity contribution in [2.45, 2.75) is 20.1 Å². The van der Waals surface area contributed by atoms with Crippen LogP contribution >= 0.6 is 11.6 Å². The van der Waals surface area contributed by atoms with Crippen LogP contribution in [-0.2, 0) is 13.2 Å². The first-order chi connectivity index (χ1) is 11.7. The third-order valence-corrected chi connectivity index (χ3v) is 4.08. The van der Waals surface area contributed by atoms with Crippen LogP contribution in [0.4, 0.5) is 5.69 Å². The van der Waals surface area contributed by atoms with Gasteiger partial charge in [-0.2, -0.15) is 0 Å². The average Bonchev–Trinajstić information content (AvgIpc) is 2.60. The van der Waals surface area contributed by atoms with E-state index in [1.165, 1.54) is 16.8 Å². The average molecular weight is 338 g/mol. The molecule has 0 aliphatic heterocycles. The molecule has 0 aliphatic rings. The molecular formula is C21H20ClNO. The van der Waals surface area contributed by atoms with Crippen molar-refractivity contribution >= 4 is 17.3 Å². The summed E-state index contributed by atoms with van der Waals surface area (Å²) < 4.78 is 5.80. The van der Waals surface area contributed by atoms with Crippen LogP contribution in [0.1, 0.15) is 16.7 Å². The fraction of sp³-hybridized carbons (Fsp3) is 0.143. The molecule has 0 radical (unpaired) electrons. The molecule has 3 aromatic carbocycles. The van der Waals surface area contributed by atoms with Gasteiger partial charge in [-0.1, -0.05) is 54.1 Å². The molecule has 0 saturated carbocycles. The minimum atomic E-state index is 0.515. The van der Waals surface area contributed by atoms with Crippen LogP contribution in [0.25, 0.3) is 0 Å². The van der Waals surface area contributed by atoms with Gasteiger partial charge in [0.25, 0.3) is 0 Å². The molecule has 3 rings (SSSR count). The Labute approximate surface area is 148 Å². The van der Waals surface area contributed by atoms with Crippen molar-refractivity contribution in [3.63, 3.8) is 0 Å². The second-order valence-corrected chi connectivity index (χ2v) is 6.17. The highest BCUT2D eigenvalue weighted by molar-refractivity contribution is 6.30. The molecule has 3 heteroatoms. The fourth-order valence-electron chi connectivity index (χ4n) is 2.47. The Morgan fingerprint density at radius 1 is 0.875 bits per heavy atom. The van der Waals surface area contributed by atoms with Gasteiger partial charge < -0.3 is 10.1 Å². The largest absolute Gasteiger partial charge is 0.489 e. The number of hydrogen-bond acceptors (Lipinski definition) is 2. The maximum absolute atomic E-state index is 5.98. The van der Waals surface area contributed by atoms with E-state index in [2.05, 4.69) is 36.5 Å². The Balaban J connectivity index is 1.54. The zero-order valence-electron chi connectivity index (χ0n) is 13.6. The van der Waals surface area contributed by atoms with Crippen LogP contribution in [0.2, 0.25) is 5.02 Å². The zero-order chi connectivity index (χ0) is 16.8. The summed E-state index contributed by atoms with van der Waals surface area (Å²) in [7, 11) is 0. The van der Waals surface area contributed by atoms with E-state index in [-0.39, 0.29) is 0 Å². The molecule has 0 bridgehead atoms. The highest BCUT2D eigenvalue weighted by Crippen LogP contribution is 2.18. The van der Waals surface area contributed by atoms with Crippen molar-refractivity contribution in [3.8, 4) is 5.75 Å². The fourth-order valence-corrected chi connectivity index (χ4v) is 2.68. The zero-order valence-corrected chi connectivity index (χ0v) is 14.4. The number of nitrogens with one attached hydrogen (secondary N) is 1. The molecule has 3 aromatic rings. The van der Waals surface area contributed by atoms with Gasteiger partial charge in [0, 0.05) is 17.3 Å². The SMILES string of the molecule is Cc1ccccc1NCc1ccc(OCc2cccc(Cl)c2)cc1. The van der Waals surface area contributed by atoms with Crippen LogP contribution in [0, 0.1) is 6.92 Å². The maximum atomic E-state index is 5.98. The van der Waals surface area contributed by atoms with Crippen molar-refractivity contribution in [2.75, 3.05) is 5.32 Å². The molecule has 0 fully saturated rings. The first-order valence-corrected chi connectivity index (χ1v) is 8.34. The second kappa shape index (κ2) is 7.89. The Kier molecular flexibility index (Phi) is 5.39. The van der Waals surface area contributed by atoms with Gasteiger partial charge in [0.05, 0.1) is 0 Å². The normalized spacial score (nSPS) is 10.4. The van der Waals surface area contributed by atoms with Crippen molar-refractivity contribution in [1.29, 1.82) is 0 Å². The summed E-state index contributed by atoms with van der Waals surface area (Å²) >= 11 is 5.98. The Bertz CT molecular complexity index is 799. The molecule has 0 spiro atoms. The Morgan fingerprint density at radius 3 is 2.42 bits per heavy atom. The van der Waals surface area contributed by atoms with E-state index in [0.717, 1.165) is 22.9 Å². The van der Waals surface area contributed by atoms with Gasteiger partial charge in [-0.3, -0.25) is 0 Å². The monoisotopic (exact) mass is 337 g/mol. The highest BCUT2D eigenvalue weighted by atomic mass is 35.5. The maximum Gasteiger partial charge on any atom is 0.119 e. The Hall–Kier alpha value is -2.45. The number of anilines is 1. The lowest BCUT2D eigenvalue weighted by molar-refractivity contribution is 0.306. The molecule has 0 saturated heterocycles. The summed E-state index contributed by atoms with van der Waals surface area (Å²) in [6.45, 7) is 3.41. The second-order valence-electron chi connectivity index (χ2n) is 5.73. The van der Waals surface area contributed by atoms with E-state index in [1.807, 2.05) is 48.5 Å². The van der Waals surface area contributed by atoms with Gasteiger partial charge in [-0.15, -0.1) is 0 Å². The minimum absolute atomic E-state index is 0.515. The van der Waals surface area contributed by atoms with Crippen LogP contribution < -0.4 is 10.1 Å². The third-order valence-electron chi connectivity index (χ3n) is 3.85. The van der Waals surface area contributed by atoms with Gasteiger partial charge >= 0.3 is 0 Å². The van der Waals surface area contributed by atoms with E-state index in [0.29, 0.717) is 6.61 Å². The number of halogens is 1. The minimum Gasteiger partial charge on any atom is -0.489 e. The van der Waals surface area contributed by atoms with Crippen LogP contribution in [0.3, 0.4) is 0 Å². The lowest BCUT2D eigenvalue weighted by atomic mass is 10.1. The number of benzene rings is 3. The molecular weight excluding hydrogens is 318 g/mol. The molecule has 24 heavy (non-hydrogen) atoms. The van der Waals surface area contributed by atoms with E-state index < -0.39 is 0 Å². The van der Waals surface area contributed by atoms with E-state index >= 15 is 0 Å². The van der Waals surface area contributed by atoms with Crippen LogP contribution in [0.15, 0.2) is 72.8 Å². The topological polar surface area (TPSA) is 21.3 Å². The third kappa shape index (κ3) is 4.53. The lowest BCUT2D eigenvalue weighted by Gasteiger charge is -2.10. The van der Waals surface area contributed by atoms with Gasteiger partial charge in [0.2, 0.25) is 0 Å². The molecule has 0 atom stereocenters. The summed E-state index contributed by atoms with van der Waals surface area (Å²) in [6, 6.07) is 24.2. The van der Waals surface area contributed by atoms with E-state index in [4.69, 9.17) is 16.3 Å². The summed E-state index contributed by atoms with van der Waals surface area (Å²) in [4.78, 5) is 0. The molecule has 0 unspecified atom stereocenters. The van der Waals surface area contributed by atoms with Crippen molar-refractivity contribution < 1.29 is 4.74 Å². The highest BCUT2D eigenvalue weighted by Gasteiger charge is 2.00. The smallest absolute Gasteiger partial charge is 0.119 e.